The molecule has 0 heterocycles. The highest BCUT2D eigenvalue weighted by Crippen LogP contribution is 2.14. The molecule has 10 nitrogen and oxygen atoms in total. The summed E-state index contributed by atoms with van der Waals surface area (Å²) in [6.07, 6.45) is 0.781. The lowest BCUT2D eigenvalue weighted by Gasteiger charge is -2.18. The van der Waals surface area contributed by atoms with Crippen molar-refractivity contribution in [3.8, 4) is 0 Å². The van der Waals surface area contributed by atoms with Crippen LogP contribution in [0.5, 0.6) is 0 Å². The Morgan fingerprint density at radius 1 is 1.00 bits per heavy atom. The van der Waals surface area contributed by atoms with Crippen LogP contribution in [0.2, 0.25) is 0 Å². The summed E-state index contributed by atoms with van der Waals surface area (Å²) >= 11 is 0. The number of hydrogen-bond donors (Lipinski definition) is 2. The number of hydrogen-bond acceptors (Lipinski definition) is 8. The van der Waals surface area contributed by atoms with Gasteiger partial charge in [0, 0.05) is 5.69 Å². The van der Waals surface area contributed by atoms with E-state index < -0.39 is 50.5 Å². The van der Waals surface area contributed by atoms with E-state index in [1.54, 1.807) is 19.1 Å². The molecule has 2 aromatic carbocycles. The van der Waals surface area contributed by atoms with Crippen molar-refractivity contribution in [2.45, 2.75) is 24.3 Å². The van der Waals surface area contributed by atoms with Crippen molar-refractivity contribution in [1.82, 2.24) is 4.72 Å². The summed E-state index contributed by atoms with van der Waals surface area (Å²) in [5, 5.41) is 2.45. The van der Waals surface area contributed by atoms with Gasteiger partial charge in [0.2, 0.25) is 15.9 Å². The molecule has 0 unspecified atom stereocenters. The number of carbonyl (C=O) groups excluding carboxylic acids is 2. The average Bonchev–Trinajstić information content (AvgIpc) is 2.72. The Balaban J connectivity index is 2.16. The first-order valence-corrected chi connectivity index (χ1v) is 12.9. The fourth-order valence-electron chi connectivity index (χ4n) is 2.54. The summed E-state index contributed by atoms with van der Waals surface area (Å²) in [5.74, 6) is -1.97. The maximum atomic E-state index is 13.1. The SMILES string of the molecule is CCOC(=O)Cc1ccc(NC(=O)[C@H](COS(C)(=O)=O)NS(=O)(=O)c2ccc(F)cc2)cc1. The smallest absolute Gasteiger partial charge is 0.310 e. The van der Waals surface area contributed by atoms with Crippen molar-refractivity contribution >= 4 is 37.7 Å². The van der Waals surface area contributed by atoms with E-state index in [2.05, 4.69) is 14.2 Å². The molecule has 2 rings (SSSR count). The van der Waals surface area contributed by atoms with Crippen molar-refractivity contribution in [3.05, 3.63) is 59.9 Å². The second-order valence-corrected chi connectivity index (χ2v) is 10.1. The maximum absolute atomic E-state index is 13.1. The van der Waals surface area contributed by atoms with Gasteiger partial charge >= 0.3 is 5.97 Å². The van der Waals surface area contributed by atoms with E-state index in [-0.39, 0.29) is 23.6 Å². The van der Waals surface area contributed by atoms with Crippen LogP contribution >= 0.6 is 0 Å². The van der Waals surface area contributed by atoms with Gasteiger partial charge in [0.05, 0.1) is 30.8 Å². The molecule has 0 saturated carbocycles. The molecule has 33 heavy (non-hydrogen) atoms. The first kappa shape index (κ1) is 26.4. The summed E-state index contributed by atoms with van der Waals surface area (Å²) in [4.78, 5) is 23.9. The van der Waals surface area contributed by atoms with Crippen LogP contribution in [-0.2, 0) is 45.1 Å². The number of esters is 1. The van der Waals surface area contributed by atoms with Gasteiger partial charge in [-0.25, -0.2) is 12.8 Å². The molecule has 0 aliphatic heterocycles. The van der Waals surface area contributed by atoms with Gasteiger partial charge in [0.25, 0.3) is 10.1 Å². The van der Waals surface area contributed by atoms with Crippen LogP contribution in [0, 0.1) is 5.82 Å². The lowest BCUT2D eigenvalue weighted by molar-refractivity contribution is -0.142. The van der Waals surface area contributed by atoms with Gasteiger partial charge in [-0.1, -0.05) is 12.1 Å². The predicted molar refractivity (Wildman–Crippen MR) is 117 cm³/mol. The number of amides is 1. The van der Waals surface area contributed by atoms with Gasteiger partial charge in [-0.05, 0) is 48.9 Å². The Bertz CT molecular complexity index is 1180. The zero-order valence-electron chi connectivity index (χ0n) is 17.8. The van der Waals surface area contributed by atoms with E-state index >= 15 is 0 Å². The van der Waals surface area contributed by atoms with Crippen LogP contribution in [0.3, 0.4) is 0 Å². The first-order valence-electron chi connectivity index (χ1n) is 9.57. The molecular formula is C20H23FN2O8S2. The average molecular weight is 503 g/mol. The maximum Gasteiger partial charge on any atom is 0.310 e. The third kappa shape index (κ3) is 8.88. The molecule has 0 aromatic heterocycles. The van der Waals surface area contributed by atoms with Gasteiger partial charge in [-0.3, -0.25) is 13.8 Å². The van der Waals surface area contributed by atoms with Gasteiger partial charge in [-0.15, -0.1) is 0 Å². The molecule has 180 valence electrons. The molecule has 0 fully saturated rings. The number of carbonyl (C=O) groups is 2. The summed E-state index contributed by atoms with van der Waals surface area (Å²) in [6, 6.07) is 8.30. The number of nitrogens with one attached hydrogen (secondary N) is 2. The zero-order valence-corrected chi connectivity index (χ0v) is 19.4. The number of benzene rings is 2. The largest absolute Gasteiger partial charge is 0.466 e. The summed E-state index contributed by atoms with van der Waals surface area (Å²) in [5.41, 5.74) is 0.887. The van der Waals surface area contributed by atoms with E-state index in [0.717, 1.165) is 30.5 Å². The third-order valence-corrected chi connectivity index (χ3v) is 6.11. The van der Waals surface area contributed by atoms with E-state index in [1.165, 1.54) is 12.1 Å². The molecule has 1 atom stereocenters. The van der Waals surface area contributed by atoms with Gasteiger partial charge in [-0.2, -0.15) is 13.1 Å². The molecule has 13 heteroatoms. The summed E-state index contributed by atoms with van der Waals surface area (Å²) < 4.78 is 72.5. The molecule has 0 bridgehead atoms. The first-order chi connectivity index (χ1) is 15.4. The van der Waals surface area contributed by atoms with Crippen molar-refractivity contribution in [2.75, 3.05) is 24.8 Å². The van der Waals surface area contributed by atoms with Crippen LogP contribution in [0.4, 0.5) is 10.1 Å². The zero-order chi connectivity index (χ0) is 24.6. The Morgan fingerprint density at radius 3 is 2.15 bits per heavy atom. The van der Waals surface area contributed by atoms with E-state index in [4.69, 9.17) is 4.74 Å². The Kier molecular flexibility index (Phi) is 9.05. The Hall–Kier alpha value is -2.87. The molecule has 0 aliphatic rings. The molecule has 1 amide bonds. The topological polar surface area (TPSA) is 145 Å². The van der Waals surface area contributed by atoms with Crippen LogP contribution in [0.25, 0.3) is 0 Å². The monoisotopic (exact) mass is 502 g/mol. The normalized spacial score (nSPS) is 12.7. The van der Waals surface area contributed by atoms with E-state index in [9.17, 15) is 30.8 Å². The van der Waals surface area contributed by atoms with Crippen molar-refractivity contribution < 1.29 is 39.7 Å². The highest BCUT2D eigenvalue weighted by Gasteiger charge is 2.27. The molecule has 0 spiro atoms. The quantitative estimate of drug-likeness (QED) is 0.344. The van der Waals surface area contributed by atoms with Crippen LogP contribution < -0.4 is 10.0 Å². The molecule has 0 aliphatic carbocycles. The summed E-state index contributed by atoms with van der Waals surface area (Å²) in [7, 11) is -8.29. The standard InChI is InChI=1S/C20H23FN2O8S2/c1-3-30-19(24)12-14-4-8-16(9-5-14)22-20(25)18(13-31-32(2,26)27)23-33(28,29)17-10-6-15(21)7-11-17/h4-11,18,23H,3,12-13H2,1-2H3,(H,22,25)/t18-/m0/s1. The van der Waals surface area contributed by atoms with Gasteiger partial charge < -0.3 is 10.1 Å². The van der Waals surface area contributed by atoms with Crippen LogP contribution in [0.15, 0.2) is 53.4 Å². The molecule has 0 radical (unpaired) electrons. The van der Waals surface area contributed by atoms with Crippen LogP contribution in [-0.4, -0.2) is 54.2 Å². The van der Waals surface area contributed by atoms with Crippen molar-refractivity contribution in [1.29, 1.82) is 0 Å². The number of ether oxygens (including phenoxy) is 1. The van der Waals surface area contributed by atoms with Gasteiger partial charge in [0.1, 0.15) is 11.9 Å². The fourth-order valence-corrected chi connectivity index (χ4v) is 4.10. The number of halogens is 1. The van der Waals surface area contributed by atoms with Crippen molar-refractivity contribution in [2.24, 2.45) is 0 Å². The van der Waals surface area contributed by atoms with E-state index in [1.807, 2.05) is 0 Å². The number of rotatable bonds is 11. The summed E-state index contributed by atoms with van der Waals surface area (Å²) in [6.45, 7) is 1.12. The van der Waals surface area contributed by atoms with Gasteiger partial charge in [0.15, 0.2) is 0 Å². The predicted octanol–water partition coefficient (Wildman–Crippen LogP) is 1.19. The Labute approximate surface area is 191 Å². The lowest BCUT2D eigenvalue weighted by Crippen LogP contribution is -2.47. The minimum absolute atomic E-state index is 0.0321. The molecule has 2 aromatic rings. The highest BCUT2D eigenvalue weighted by atomic mass is 32.2. The number of sulfonamides is 1. The van der Waals surface area contributed by atoms with Crippen molar-refractivity contribution in [3.63, 3.8) is 0 Å². The highest BCUT2D eigenvalue weighted by molar-refractivity contribution is 7.89. The minimum Gasteiger partial charge on any atom is -0.466 e. The third-order valence-electron chi connectivity index (χ3n) is 4.06. The molecular weight excluding hydrogens is 479 g/mol. The second-order valence-electron chi connectivity index (χ2n) is 6.78. The lowest BCUT2D eigenvalue weighted by atomic mass is 10.1. The Morgan fingerprint density at radius 2 is 1.61 bits per heavy atom. The molecule has 2 N–H and O–H groups in total. The fraction of sp³-hybridized carbons (Fsp3) is 0.300. The van der Waals surface area contributed by atoms with Crippen LogP contribution in [0.1, 0.15) is 12.5 Å². The second kappa shape index (κ2) is 11.3. The minimum atomic E-state index is -4.31. The van der Waals surface area contributed by atoms with E-state index in [0.29, 0.717) is 5.56 Å². The molecule has 0 saturated heterocycles. The number of anilines is 1.